The van der Waals surface area contributed by atoms with Crippen LogP contribution in [0.5, 0.6) is 0 Å². The lowest BCUT2D eigenvalue weighted by atomic mass is 10.2. The van der Waals surface area contributed by atoms with Crippen LogP contribution in [0.25, 0.3) is 0 Å². The van der Waals surface area contributed by atoms with Gasteiger partial charge in [-0.2, -0.15) is 0 Å². The Labute approximate surface area is 90.2 Å². The molecule has 0 spiro atoms. The van der Waals surface area contributed by atoms with Crippen LogP contribution in [-0.4, -0.2) is 14.7 Å². The summed E-state index contributed by atoms with van der Waals surface area (Å²) in [5.74, 6) is -0.776. The van der Waals surface area contributed by atoms with E-state index in [1.165, 1.54) is 6.07 Å². The number of halogens is 2. The zero-order chi connectivity index (χ0) is 10.9. The maximum atomic E-state index is 13.3. The summed E-state index contributed by atoms with van der Waals surface area (Å²) in [5, 5.41) is 0. The fourth-order valence-electron chi connectivity index (χ4n) is 1.08. The molecule has 0 aliphatic heterocycles. The van der Waals surface area contributed by atoms with Gasteiger partial charge in [-0.05, 0) is 33.6 Å². The molecule has 1 aromatic rings. The van der Waals surface area contributed by atoms with Crippen LogP contribution in [0, 0.1) is 5.82 Å². The van der Waals surface area contributed by atoms with Crippen LogP contribution in [-0.2, 0) is 16.4 Å². The van der Waals surface area contributed by atoms with E-state index >= 15 is 0 Å². The fourth-order valence-corrected chi connectivity index (χ4v) is 3.28. The number of nitrogens with two attached hydrogens (primary N) is 1. The normalized spacial score (nSPS) is 11.7. The van der Waals surface area contributed by atoms with E-state index in [-0.39, 0.29) is 15.9 Å². The number of hydrogen-bond acceptors (Lipinski definition) is 3. The fraction of sp³-hybridized carbons (Fsp3) is 0.250. The summed E-state index contributed by atoms with van der Waals surface area (Å²) in [6.45, 7) is 0.166. The molecule has 0 heterocycles. The third-order valence-corrected chi connectivity index (χ3v) is 3.71. The Morgan fingerprint density at radius 1 is 1.50 bits per heavy atom. The highest BCUT2D eigenvalue weighted by molar-refractivity contribution is 9.10. The van der Waals surface area contributed by atoms with Gasteiger partial charge in [0.05, 0.1) is 0 Å². The number of sulfone groups is 1. The van der Waals surface area contributed by atoms with E-state index in [9.17, 15) is 12.8 Å². The summed E-state index contributed by atoms with van der Waals surface area (Å²) in [5.41, 5.74) is 5.85. The molecule has 14 heavy (non-hydrogen) atoms. The average molecular weight is 282 g/mol. The van der Waals surface area contributed by atoms with Crippen LogP contribution in [0.1, 0.15) is 5.56 Å². The van der Waals surface area contributed by atoms with Crippen molar-refractivity contribution >= 4 is 25.8 Å². The molecule has 0 fully saturated rings. The molecular formula is C8H9BrFNO2S. The van der Waals surface area contributed by atoms with Crippen molar-refractivity contribution in [1.82, 2.24) is 0 Å². The number of rotatable bonds is 2. The quantitative estimate of drug-likeness (QED) is 0.893. The van der Waals surface area contributed by atoms with Crippen LogP contribution in [0.15, 0.2) is 21.5 Å². The number of benzene rings is 1. The van der Waals surface area contributed by atoms with E-state index < -0.39 is 15.7 Å². The van der Waals surface area contributed by atoms with E-state index in [2.05, 4.69) is 15.9 Å². The molecule has 0 saturated heterocycles. The van der Waals surface area contributed by atoms with Gasteiger partial charge in [-0.3, -0.25) is 0 Å². The summed E-state index contributed by atoms with van der Waals surface area (Å²) < 4.78 is 35.9. The topological polar surface area (TPSA) is 60.2 Å². The Morgan fingerprint density at radius 2 is 2.07 bits per heavy atom. The second kappa shape index (κ2) is 3.96. The van der Waals surface area contributed by atoms with E-state index in [0.29, 0.717) is 5.56 Å². The van der Waals surface area contributed by atoms with Gasteiger partial charge in [0, 0.05) is 17.3 Å². The van der Waals surface area contributed by atoms with Crippen LogP contribution in [0.3, 0.4) is 0 Å². The maximum absolute atomic E-state index is 13.3. The maximum Gasteiger partial charge on any atom is 0.179 e. The lowest BCUT2D eigenvalue weighted by molar-refractivity contribution is 0.567. The molecule has 0 atom stereocenters. The Kier molecular flexibility index (Phi) is 3.28. The van der Waals surface area contributed by atoms with Gasteiger partial charge in [0.15, 0.2) is 9.84 Å². The molecule has 0 bridgehead atoms. The van der Waals surface area contributed by atoms with Crippen LogP contribution >= 0.6 is 15.9 Å². The summed E-state index contributed by atoms with van der Waals surface area (Å²) in [4.78, 5) is -0.324. The van der Waals surface area contributed by atoms with Crippen molar-refractivity contribution in [2.45, 2.75) is 11.4 Å². The number of hydrogen-bond donors (Lipinski definition) is 1. The molecule has 0 unspecified atom stereocenters. The van der Waals surface area contributed by atoms with Crippen molar-refractivity contribution < 1.29 is 12.8 Å². The van der Waals surface area contributed by atoms with Crippen LogP contribution in [0.2, 0.25) is 0 Å². The molecule has 0 aliphatic carbocycles. The lowest BCUT2D eigenvalue weighted by Gasteiger charge is -2.05. The summed E-state index contributed by atoms with van der Waals surface area (Å²) >= 11 is 3.00. The Balaban J connectivity index is 3.48. The molecule has 0 amide bonds. The lowest BCUT2D eigenvalue weighted by Crippen LogP contribution is -2.05. The zero-order valence-electron chi connectivity index (χ0n) is 7.42. The molecule has 1 rings (SSSR count). The summed E-state index contributed by atoms with van der Waals surface area (Å²) in [7, 11) is -3.55. The predicted molar refractivity (Wildman–Crippen MR) is 55.1 cm³/mol. The molecule has 0 radical (unpaired) electrons. The minimum atomic E-state index is -3.55. The van der Waals surface area contributed by atoms with Gasteiger partial charge in [-0.1, -0.05) is 0 Å². The Morgan fingerprint density at radius 3 is 2.43 bits per heavy atom. The first-order chi connectivity index (χ1) is 6.36. The van der Waals surface area contributed by atoms with Gasteiger partial charge in [0.1, 0.15) is 10.7 Å². The molecule has 6 heteroatoms. The third kappa shape index (κ3) is 2.31. The Bertz CT molecular complexity index is 435. The summed E-state index contributed by atoms with van der Waals surface area (Å²) in [6.07, 6.45) is 0.957. The van der Waals surface area contributed by atoms with E-state index in [1.54, 1.807) is 0 Å². The van der Waals surface area contributed by atoms with Gasteiger partial charge < -0.3 is 5.73 Å². The molecule has 3 nitrogen and oxygen atoms in total. The minimum absolute atomic E-state index is 0.166. The summed E-state index contributed by atoms with van der Waals surface area (Å²) in [6, 6.07) is 2.63. The minimum Gasteiger partial charge on any atom is -0.326 e. The zero-order valence-corrected chi connectivity index (χ0v) is 9.82. The molecule has 0 aliphatic rings. The highest BCUT2D eigenvalue weighted by Crippen LogP contribution is 2.26. The second-order valence-electron chi connectivity index (χ2n) is 2.86. The third-order valence-electron chi connectivity index (χ3n) is 1.66. The first-order valence-corrected chi connectivity index (χ1v) is 6.42. The van der Waals surface area contributed by atoms with Gasteiger partial charge in [-0.25, -0.2) is 12.8 Å². The first kappa shape index (κ1) is 11.6. The molecule has 0 saturated carbocycles. The van der Waals surface area contributed by atoms with E-state index in [0.717, 1.165) is 12.3 Å². The van der Waals surface area contributed by atoms with Crippen molar-refractivity contribution in [3.05, 3.63) is 28.0 Å². The largest absolute Gasteiger partial charge is 0.326 e. The highest BCUT2D eigenvalue weighted by atomic mass is 79.9. The van der Waals surface area contributed by atoms with Gasteiger partial charge in [0.2, 0.25) is 0 Å². The first-order valence-electron chi connectivity index (χ1n) is 3.74. The van der Waals surface area contributed by atoms with Gasteiger partial charge >= 0.3 is 0 Å². The predicted octanol–water partition coefficient (Wildman–Crippen LogP) is 1.45. The van der Waals surface area contributed by atoms with Gasteiger partial charge in [-0.15, -0.1) is 0 Å². The standard InChI is InChI=1S/C8H9BrFNO2S/c1-14(12,13)8-6(9)2-5(4-11)3-7(8)10/h2-3H,4,11H2,1H3. The molecule has 1 aromatic carbocycles. The second-order valence-corrected chi connectivity index (χ2v) is 5.67. The molecule has 78 valence electrons. The van der Waals surface area contributed by atoms with Crippen molar-refractivity contribution in [3.8, 4) is 0 Å². The van der Waals surface area contributed by atoms with E-state index in [1.807, 2.05) is 0 Å². The average Bonchev–Trinajstić information content (AvgIpc) is 1.99. The Hall–Kier alpha value is -0.460. The van der Waals surface area contributed by atoms with Crippen molar-refractivity contribution in [2.75, 3.05) is 6.26 Å². The van der Waals surface area contributed by atoms with Crippen molar-refractivity contribution in [3.63, 3.8) is 0 Å². The molecule has 0 aromatic heterocycles. The highest BCUT2D eigenvalue weighted by Gasteiger charge is 2.18. The van der Waals surface area contributed by atoms with E-state index in [4.69, 9.17) is 5.73 Å². The van der Waals surface area contributed by atoms with Crippen molar-refractivity contribution in [1.29, 1.82) is 0 Å². The SMILES string of the molecule is CS(=O)(=O)c1c(F)cc(CN)cc1Br. The van der Waals surface area contributed by atoms with Crippen LogP contribution < -0.4 is 5.73 Å². The van der Waals surface area contributed by atoms with Crippen LogP contribution in [0.4, 0.5) is 4.39 Å². The van der Waals surface area contributed by atoms with Gasteiger partial charge in [0.25, 0.3) is 0 Å². The molecule has 2 N–H and O–H groups in total. The van der Waals surface area contributed by atoms with Crippen molar-refractivity contribution in [2.24, 2.45) is 5.73 Å². The monoisotopic (exact) mass is 281 g/mol. The smallest absolute Gasteiger partial charge is 0.179 e. The molecular weight excluding hydrogens is 273 g/mol.